The molecule has 2 rings (SSSR count). The molecule has 0 aromatic heterocycles. The van der Waals surface area contributed by atoms with E-state index in [1.807, 2.05) is 30.3 Å². The summed E-state index contributed by atoms with van der Waals surface area (Å²) in [5.74, 6) is -0.927. The molecule has 0 radical (unpaired) electrons. The molecule has 2 amide bonds. The zero-order valence-corrected chi connectivity index (χ0v) is 12.6. The average Bonchev–Trinajstić information content (AvgIpc) is 2.48. The smallest absolute Gasteiger partial charge is 0.329 e. The van der Waals surface area contributed by atoms with Gasteiger partial charge in [0, 0.05) is 20.1 Å². The van der Waals surface area contributed by atoms with E-state index in [0.29, 0.717) is 19.5 Å². The maximum Gasteiger partial charge on any atom is 0.329 e. The van der Waals surface area contributed by atoms with Crippen molar-refractivity contribution in [2.45, 2.75) is 38.3 Å². The van der Waals surface area contributed by atoms with Gasteiger partial charge in [-0.05, 0) is 31.7 Å². The Bertz CT molecular complexity index is 518. The van der Waals surface area contributed by atoms with E-state index in [9.17, 15) is 14.7 Å². The highest BCUT2D eigenvalue weighted by atomic mass is 16.4. The number of rotatable bonds is 3. The minimum absolute atomic E-state index is 0.219. The van der Waals surface area contributed by atoms with Gasteiger partial charge in [-0.1, -0.05) is 30.3 Å². The topological polar surface area (TPSA) is 60.9 Å². The summed E-state index contributed by atoms with van der Waals surface area (Å²) in [6.07, 6.45) is 2.20. The molecule has 1 heterocycles. The number of piperidine rings is 1. The van der Waals surface area contributed by atoms with Crippen LogP contribution in [0.15, 0.2) is 30.3 Å². The average molecular weight is 290 g/mol. The van der Waals surface area contributed by atoms with Gasteiger partial charge in [-0.25, -0.2) is 9.59 Å². The molecular weight excluding hydrogens is 268 g/mol. The first kappa shape index (κ1) is 15.4. The van der Waals surface area contributed by atoms with Gasteiger partial charge < -0.3 is 14.9 Å². The molecule has 1 unspecified atom stereocenters. The predicted octanol–water partition coefficient (Wildman–Crippen LogP) is 2.57. The molecule has 0 spiro atoms. The van der Waals surface area contributed by atoms with Gasteiger partial charge in [-0.15, -0.1) is 0 Å². The normalized spacial score (nSPS) is 21.9. The lowest BCUT2D eigenvalue weighted by Crippen LogP contribution is -2.60. The first-order valence-corrected chi connectivity index (χ1v) is 7.25. The van der Waals surface area contributed by atoms with Crippen LogP contribution in [0.1, 0.15) is 31.7 Å². The minimum Gasteiger partial charge on any atom is -0.480 e. The first-order valence-electron chi connectivity index (χ1n) is 7.25. The Hall–Kier alpha value is -2.04. The molecule has 114 valence electrons. The second kappa shape index (κ2) is 6.16. The summed E-state index contributed by atoms with van der Waals surface area (Å²) in [6.45, 7) is 2.62. The number of carbonyl (C=O) groups excluding carboxylic acids is 1. The van der Waals surface area contributed by atoms with Crippen LogP contribution in [-0.2, 0) is 11.3 Å². The van der Waals surface area contributed by atoms with Gasteiger partial charge in [0.2, 0.25) is 0 Å². The number of carbonyl (C=O) groups is 2. The fourth-order valence-corrected chi connectivity index (χ4v) is 2.78. The Morgan fingerprint density at radius 2 is 1.95 bits per heavy atom. The van der Waals surface area contributed by atoms with Gasteiger partial charge in [-0.2, -0.15) is 0 Å². The summed E-state index contributed by atoms with van der Waals surface area (Å²) in [4.78, 5) is 27.3. The first-order chi connectivity index (χ1) is 9.95. The molecule has 1 aromatic carbocycles. The number of carboxylic acid groups (broad SMARTS) is 1. The molecule has 5 nitrogen and oxygen atoms in total. The molecule has 1 aromatic rings. The number of hydrogen-bond acceptors (Lipinski definition) is 2. The quantitative estimate of drug-likeness (QED) is 0.930. The van der Waals surface area contributed by atoms with E-state index in [-0.39, 0.29) is 6.03 Å². The molecule has 21 heavy (non-hydrogen) atoms. The number of aliphatic carboxylic acids is 1. The van der Waals surface area contributed by atoms with Crippen molar-refractivity contribution in [2.24, 2.45) is 0 Å². The maximum atomic E-state index is 12.6. The van der Waals surface area contributed by atoms with Crippen LogP contribution < -0.4 is 0 Å². The fraction of sp³-hybridized carbons (Fsp3) is 0.500. The Balaban J connectivity index is 2.12. The molecule has 1 aliphatic heterocycles. The third-order valence-electron chi connectivity index (χ3n) is 4.17. The highest BCUT2D eigenvalue weighted by Gasteiger charge is 2.44. The molecular formula is C16H22N2O3. The number of likely N-dealkylation sites (tertiary alicyclic amines) is 1. The van der Waals surface area contributed by atoms with Crippen molar-refractivity contribution in [3.63, 3.8) is 0 Å². The minimum atomic E-state index is -1.10. The number of hydrogen-bond donors (Lipinski definition) is 1. The van der Waals surface area contributed by atoms with Gasteiger partial charge in [0.1, 0.15) is 5.54 Å². The summed E-state index contributed by atoms with van der Waals surface area (Å²) in [7, 11) is 1.71. The van der Waals surface area contributed by atoms with Crippen LogP contribution in [0.5, 0.6) is 0 Å². The van der Waals surface area contributed by atoms with Gasteiger partial charge in [0.25, 0.3) is 0 Å². The highest BCUT2D eigenvalue weighted by molar-refractivity contribution is 5.86. The van der Waals surface area contributed by atoms with Crippen LogP contribution in [-0.4, -0.2) is 46.0 Å². The summed E-state index contributed by atoms with van der Waals surface area (Å²) in [5, 5.41) is 9.48. The molecule has 1 N–H and O–H groups in total. The molecule has 1 fully saturated rings. The van der Waals surface area contributed by atoms with Gasteiger partial charge in [-0.3, -0.25) is 0 Å². The lowest BCUT2D eigenvalue weighted by atomic mass is 9.89. The number of urea groups is 1. The number of amides is 2. The number of carboxylic acids is 1. The van der Waals surface area contributed by atoms with Gasteiger partial charge in [0.15, 0.2) is 0 Å². The molecule has 0 aliphatic carbocycles. The van der Waals surface area contributed by atoms with E-state index < -0.39 is 11.5 Å². The molecule has 1 aliphatic rings. The van der Waals surface area contributed by atoms with Crippen LogP contribution in [0.25, 0.3) is 0 Å². The fourth-order valence-electron chi connectivity index (χ4n) is 2.78. The molecule has 5 heteroatoms. The van der Waals surface area contributed by atoms with Crippen molar-refractivity contribution < 1.29 is 14.7 Å². The summed E-state index contributed by atoms with van der Waals surface area (Å²) in [6, 6.07) is 9.47. The SMILES string of the molecule is CN(Cc1ccccc1)C(=O)N1CCCCC1(C)C(=O)O. The van der Waals surface area contributed by atoms with Gasteiger partial charge in [0.05, 0.1) is 0 Å². The molecule has 1 atom stereocenters. The summed E-state index contributed by atoms with van der Waals surface area (Å²) < 4.78 is 0. The van der Waals surface area contributed by atoms with Crippen molar-refractivity contribution in [3.8, 4) is 0 Å². The monoisotopic (exact) mass is 290 g/mol. The Kier molecular flexibility index (Phi) is 4.50. The number of benzene rings is 1. The van der Waals surface area contributed by atoms with Crippen LogP contribution in [0.4, 0.5) is 4.79 Å². The number of nitrogens with zero attached hydrogens (tertiary/aromatic N) is 2. The Morgan fingerprint density at radius 3 is 2.57 bits per heavy atom. The van der Waals surface area contributed by atoms with E-state index in [2.05, 4.69) is 0 Å². The second-order valence-electron chi connectivity index (χ2n) is 5.81. The Morgan fingerprint density at radius 1 is 1.29 bits per heavy atom. The Labute approximate surface area is 125 Å². The largest absolute Gasteiger partial charge is 0.480 e. The van der Waals surface area contributed by atoms with E-state index in [1.54, 1.807) is 18.9 Å². The standard InChI is InChI=1S/C16H22N2O3/c1-16(14(19)20)10-6-7-11-18(16)15(21)17(2)12-13-8-4-3-5-9-13/h3-5,8-9H,6-7,10-12H2,1-2H3,(H,19,20). The lowest BCUT2D eigenvalue weighted by Gasteiger charge is -2.43. The zero-order valence-electron chi connectivity index (χ0n) is 12.6. The maximum absolute atomic E-state index is 12.6. The van der Waals surface area contributed by atoms with Crippen molar-refractivity contribution in [1.29, 1.82) is 0 Å². The third kappa shape index (κ3) is 3.17. The lowest BCUT2D eigenvalue weighted by molar-refractivity contribution is -0.150. The van der Waals surface area contributed by atoms with Gasteiger partial charge >= 0.3 is 12.0 Å². The highest BCUT2D eigenvalue weighted by Crippen LogP contribution is 2.29. The van der Waals surface area contributed by atoms with E-state index in [1.165, 1.54) is 4.90 Å². The molecule has 1 saturated heterocycles. The third-order valence-corrected chi connectivity index (χ3v) is 4.17. The summed E-state index contributed by atoms with van der Waals surface area (Å²) in [5.41, 5.74) is -0.0670. The second-order valence-corrected chi connectivity index (χ2v) is 5.81. The van der Waals surface area contributed by atoms with E-state index in [4.69, 9.17) is 0 Å². The summed E-state index contributed by atoms with van der Waals surface area (Å²) >= 11 is 0. The predicted molar refractivity (Wildman–Crippen MR) is 79.9 cm³/mol. The molecule has 0 saturated carbocycles. The van der Waals surface area contributed by atoms with Crippen LogP contribution in [0.3, 0.4) is 0 Å². The van der Waals surface area contributed by atoms with Crippen LogP contribution in [0, 0.1) is 0 Å². The van der Waals surface area contributed by atoms with Crippen molar-refractivity contribution in [3.05, 3.63) is 35.9 Å². The zero-order chi connectivity index (χ0) is 15.5. The van der Waals surface area contributed by atoms with Crippen molar-refractivity contribution in [2.75, 3.05) is 13.6 Å². The van der Waals surface area contributed by atoms with Crippen LogP contribution in [0.2, 0.25) is 0 Å². The van der Waals surface area contributed by atoms with Crippen molar-refractivity contribution in [1.82, 2.24) is 9.80 Å². The molecule has 0 bridgehead atoms. The van der Waals surface area contributed by atoms with E-state index >= 15 is 0 Å². The van der Waals surface area contributed by atoms with Crippen LogP contribution >= 0.6 is 0 Å². The van der Waals surface area contributed by atoms with Crippen molar-refractivity contribution >= 4 is 12.0 Å². The van der Waals surface area contributed by atoms with E-state index in [0.717, 1.165) is 18.4 Å².